The average Bonchev–Trinajstić information content (AvgIpc) is 2.62. The molecule has 0 saturated carbocycles. The SMILES string of the molecule is COc1cc2[nH]ncc2cc1C=O. The molecule has 0 atom stereocenters. The molecule has 4 nitrogen and oxygen atoms in total. The number of methoxy groups -OCH3 is 1. The van der Waals surface area contributed by atoms with Crippen molar-refractivity contribution in [2.75, 3.05) is 7.11 Å². The van der Waals surface area contributed by atoms with Gasteiger partial charge in [0.15, 0.2) is 6.29 Å². The smallest absolute Gasteiger partial charge is 0.153 e. The van der Waals surface area contributed by atoms with Crippen LogP contribution in [0.5, 0.6) is 5.75 Å². The minimum absolute atomic E-state index is 0.538. The Kier molecular flexibility index (Phi) is 1.73. The molecule has 0 aliphatic carbocycles. The van der Waals surface area contributed by atoms with Gasteiger partial charge in [-0.3, -0.25) is 9.89 Å². The van der Waals surface area contributed by atoms with Crippen molar-refractivity contribution in [3.8, 4) is 5.75 Å². The lowest BCUT2D eigenvalue weighted by atomic mass is 10.1. The highest BCUT2D eigenvalue weighted by Crippen LogP contribution is 2.22. The summed E-state index contributed by atoms with van der Waals surface area (Å²) in [6.07, 6.45) is 2.44. The fourth-order valence-electron chi connectivity index (χ4n) is 1.26. The number of H-pyrrole nitrogens is 1. The third-order valence-electron chi connectivity index (χ3n) is 1.92. The van der Waals surface area contributed by atoms with E-state index in [2.05, 4.69) is 10.2 Å². The number of aromatic amines is 1. The molecule has 1 aromatic heterocycles. The van der Waals surface area contributed by atoms with Crippen LogP contribution in [0.4, 0.5) is 0 Å². The number of carbonyl (C=O) groups excluding carboxylic acids is 1. The zero-order valence-corrected chi connectivity index (χ0v) is 7.07. The van der Waals surface area contributed by atoms with Crippen molar-refractivity contribution in [1.82, 2.24) is 10.2 Å². The topological polar surface area (TPSA) is 55.0 Å². The van der Waals surface area contributed by atoms with E-state index < -0.39 is 0 Å². The van der Waals surface area contributed by atoms with Gasteiger partial charge < -0.3 is 4.74 Å². The largest absolute Gasteiger partial charge is 0.496 e. The molecule has 4 heteroatoms. The van der Waals surface area contributed by atoms with Crippen LogP contribution >= 0.6 is 0 Å². The third-order valence-corrected chi connectivity index (χ3v) is 1.92. The maximum Gasteiger partial charge on any atom is 0.153 e. The number of nitrogens with one attached hydrogen (secondary N) is 1. The minimum Gasteiger partial charge on any atom is -0.496 e. The highest BCUT2D eigenvalue weighted by molar-refractivity contribution is 5.90. The summed E-state index contributed by atoms with van der Waals surface area (Å²) >= 11 is 0. The molecule has 1 N–H and O–H groups in total. The van der Waals surface area contributed by atoms with E-state index in [0.29, 0.717) is 11.3 Å². The number of hydrogen-bond donors (Lipinski definition) is 1. The second-order valence-electron chi connectivity index (χ2n) is 2.67. The first kappa shape index (κ1) is 7.79. The number of benzene rings is 1. The lowest BCUT2D eigenvalue weighted by molar-refractivity contribution is 0.112. The second-order valence-corrected chi connectivity index (χ2v) is 2.67. The van der Waals surface area contributed by atoms with Gasteiger partial charge in [0.25, 0.3) is 0 Å². The standard InChI is InChI=1S/C9H8N2O2/c1-13-9-3-8-6(4-10-11-8)2-7(9)5-12/h2-5H,1H3,(H,10,11). The van der Waals surface area contributed by atoms with Gasteiger partial charge in [-0.25, -0.2) is 0 Å². The van der Waals surface area contributed by atoms with E-state index in [4.69, 9.17) is 4.74 Å². The molecular formula is C9H8N2O2. The molecule has 0 bridgehead atoms. The van der Waals surface area contributed by atoms with Gasteiger partial charge in [-0.1, -0.05) is 0 Å². The van der Waals surface area contributed by atoms with Gasteiger partial charge in [0.05, 0.1) is 24.4 Å². The number of hydrogen-bond acceptors (Lipinski definition) is 3. The molecule has 2 aromatic rings. The van der Waals surface area contributed by atoms with Gasteiger partial charge in [0.2, 0.25) is 0 Å². The van der Waals surface area contributed by atoms with Gasteiger partial charge in [-0.2, -0.15) is 5.10 Å². The first-order valence-electron chi connectivity index (χ1n) is 3.81. The summed E-state index contributed by atoms with van der Waals surface area (Å²) in [5, 5.41) is 7.56. The Balaban J connectivity index is 2.73. The Labute approximate surface area is 74.5 Å². The van der Waals surface area contributed by atoms with Crippen LogP contribution in [0.1, 0.15) is 10.4 Å². The number of fused-ring (bicyclic) bond motifs is 1. The normalized spacial score (nSPS) is 10.2. The number of nitrogens with zero attached hydrogens (tertiary/aromatic N) is 1. The fourth-order valence-corrected chi connectivity index (χ4v) is 1.26. The van der Waals surface area contributed by atoms with Crippen molar-refractivity contribution >= 4 is 17.2 Å². The van der Waals surface area contributed by atoms with Crippen LogP contribution in [0.25, 0.3) is 10.9 Å². The summed E-state index contributed by atoms with van der Waals surface area (Å²) < 4.78 is 5.03. The summed E-state index contributed by atoms with van der Waals surface area (Å²) in [6.45, 7) is 0. The van der Waals surface area contributed by atoms with Crippen LogP contribution in [-0.4, -0.2) is 23.6 Å². The minimum atomic E-state index is 0.538. The molecule has 0 saturated heterocycles. The van der Waals surface area contributed by atoms with Gasteiger partial charge >= 0.3 is 0 Å². The third kappa shape index (κ3) is 1.16. The Morgan fingerprint density at radius 3 is 3.08 bits per heavy atom. The average molecular weight is 176 g/mol. The van der Waals surface area contributed by atoms with E-state index in [-0.39, 0.29) is 0 Å². The maximum atomic E-state index is 10.6. The lowest BCUT2D eigenvalue weighted by Gasteiger charge is -2.02. The molecule has 0 radical (unpaired) electrons. The monoisotopic (exact) mass is 176 g/mol. The molecule has 66 valence electrons. The molecule has 0 spiro atoms. The molecule has 0 unspecified atom stereocenters. The number of aromatic nitrogens is 2. The first-order valence-corrected chi connectivity index (χ1v) is 3.81. The van der Waals surface area contributed by atoms with Crippen LogP contribution in [0.3, 0.4) is 0 Å². The number of rotatable bonds is 2. The molecule has 2 rings (SSSR count). The molecule has 0 aliphatic rings. The predicted octanol–water partition coefficient (Wildman–Crippen LogP) is 1.38. The zero-order valence-electron chi connectivity index (χ0n) is 7.07. The van der Waals surface area contributed by atoms with E-state index in [1.165, 1.54) is 7.11 Å². The summed E-state index contributed by atoms with van der Waals surface area (Å²) in [7, 11) is 1.53. The van der Waals surface area contributed by atoms with E-state index in [1.807, 2.05) is 0 Å². The van der Waals surface area contributed by atoms with Gasteiger partial charge in [0, 0.05) is 11.5 Å². The summed E-state index contributed by atoms with van der Waals surface area (Å²) in [6, 6.07) is 3.50. The molecule has 0 amide bonds. The zero-order chi connectivity index (χ0) is 9.26. The molecule has 1 heterocycles. The molecule has 1 aromatic carbocycles. The lowest BCUT2D eigenvalue weighted by Crippen LogP contribution is -1.89. The number of carbonyl (C=O) groups is 1. The summed E-state index contributed by atoms with van der Waals surface area (Å²) in [5.74, 6) is 0.562. The number of ether oxygens (including phenoxy) is 1. The predicted molar refractivity (Wildman–Crippen MR) is 48.0 cm³/mol. The van der Waals surface area contributed by atoms with Gasteiger partial charge in [0.1, 0.15) is 5.75 Å². The fraction of sp³-hybridized carbons (Fsp3) is 0.111. The van der Waals surface area contributed by atoms with Crippen LogP contribution in [0.15, 0.2) is 18.3 Å². The van der Waals surface area contributed by atoms with Crippen LogP contribution in [-0.2, 0) is 0 Å². The van der Waals surface area contributed by atoms with Crippen molar-refractivity contribution in [1.29, 1.82) is 0 Å². The van der Waals surface area contributed by atoms with Crippen molar-refractivity contribution in [2.24, 2.45) is 0 Å². The van der Waals surface area contributed by atoms with Gasteiger partial charge in [-0.15, -0.1) is 0 Å². The van der Waals surface area contributed by atoms with E-state index in [1.54, 1.807) is 18.3 Å². The van der Waals surface area contributed by atoms with Crippen LogP contribution in [0, 0.1) is 0 Å². The number of aldehydes is 1. The first-order chi connectivity index (χ1) is 6.35. The van der Waals surface area contributed by atoms with Crippen molar-refractivity contribution in [3.05, 3.63) is 23.9 Å². The summed E-state index contributed by atoms with van der Waals surface area (Å²) in [4.78, 5) is 10.6. The highest BCUT2D eigenvalue weighted by atomic mass is 16.5. The molecule has 13 heavy (non-hydrogen) atoms. The Bertz CT molecular complexity index is 448. The maximum absolute atomic E-state index is 10.6. The van der Waals surface area contributed by atoms with E-state index >= 15 is 0 Å². The molecular weight excluding hydrogens is 168 g/mol. The van der Waals surface area contributed by atoms with Crippen molar-refractivity contribution in [3.63, 3.8) is 0 Å². The summed E-state index contributed by atoms with van der Waals surface area (Å²) in [5.41, 5.74) is 1.40. The van der Waals surface area contributed by atoms with Crippen LogP contribution < -0.4 is 4.74 Å². The Morgan fingerprint density at radius 2 is 2.38 bits per heavy atom. The van der Waals surface area contributed by atoms with E-state index in [0.717, 1.165) is 17.2 Å². The second kappa shape index (κ2) is 2.90. The van der Waals surface area contributed by atoms with Gasteiger partial charge in [-0.05, 0) is 6.07 Å². The van der Waals surface area contributed by atoms with Crippen LogP contribution in [0.2, 0.25) is 0 Å². The molecule has 0 aliphatic heterocycles. The Hall–Kier alpha value is -1.84. The quantitative estimate of drug-likeness (QED) is 0.703. The Morgan fingerprint density at radius 1 is 1.54 bits per heavy atom. The highest BCUT2D eigenvalue weighted by Gasteiger charge is 2.04. The van der Waals surface area contributed by atoms with E-state index in [9.17, 15) is 4.79 Å². The molecule has 0 fully saturated rings. The van der Waals surface area contributed by atoms with Crippen molar-refractivity contribution < 1.29 is 9.53 Å². The van der Waals surface area contributed by atoms with Crippen molar-refractivity contribution in [2.45, 2.75) is 0 Å².